The zero-order valence-corrected chi connectivity index (χ0v) is 12.5. The minimum Gasteiger partial charge on any atom is -0.379 e. The van der Waals surface area contributed by atoms with E-state index in [1.54, 1.807) is 10.9 Å². The molecule has 2 aliphatic carbocycles. The molecule has 3 N–H and O–H groups in total. The van der Waals surface area contributed by atoms with Crippen molar-refractivity contribution in [2.45, 2.75) is 52.6 Å². The van der Waals surface area contributed by atoms with Gasteiger partial charge in [0.25, 0.3) is 0 Å². The lowest BCUT2D eigenvalue weighted by Crippen LogP contribution is -2.45. The molecule has 2 aliphatic rings. The lowest BCUT2D eigenvalue weighted by Gasteiger charge is -2.43. The van der Waals surface area contributed by atoms with Crippen molar-refractivity contribution in [2.75, 3.05) is 5.32 Å². The number of nitrogens with two attached hydrogens (primary N) is 1. The number of aromatic nitrogens is 2. The topological polar surface area (TPSA) is 72.9 Å². The summed E-state index contributed by atoms with van der Waals surface area (Å²) in [5, 5.41) is 7.85. The summed E-state index contributed by atoms with van der Waals surface area (Å²) in [4.78, 5) is 10.9. The van der Waals surface area contributed by atoms with Crippen LogP contribution in [0.3, 0.4) is 0 Å². The Hall–Kier alpha value is -1.52. The van der Waals surface area contributed by atoms with Gasteiger partial charge in [0.05, 0.1) is 11.9 Å². The zero-order valence-electron chi connectivity index (χ0n) is 12.5. The van der Waals surface area contributed by atoms with Crippen LogP contribution in [0, 0.1) is 16.7 Å². The maximum Gasteiger partial charge on any atom is 0.239 e. The summed E-state index contributed by atoms with van der Waals surface area (Å²) in [6.07, 6.45) is 7.62. The van der Waals surface area contributed by atoms with Crippen LogP contribution in [0.4, 0.5) is 5.69 Å². The second kappa shape index (κ2) is 4.24. The van der Waals surface area contributed by atoms with Crippen LogP contribution in [-0.4, -0.2) is 21.7 Å². The zero-order chi connectivity index (χ0) is 14.5. The molecule has 0 radical (unpaired) electrons. The molecule has 1 aromatic rings. The van der Waals surface area contributed by atoms with E-state index in [9.17, 15) is 4.79 Å². The first-order chi connectivity index (χ1) is 9.31. The molecule has 0 saturated heterocycles. The smallest absolute Gasteiger partial charge is 0.239 e. The Morgan fingerprint density at radius 3 is 2.90 bits per heavy atom. The number of carbonyl (C=O) groups is 1. The number of fused-ring (bicyclic) bond motifs is 2. The van der Waals surface area contributed by atoms with E-state index in [2.05, 4.69) is 31.2 Å². The van der Waals surface area contributed by atoms with Gasteiger partial charge in [0, 0.05) is 12.2 Å². The van der Waals surface area contributed by atoms with Crippen molar-refractivity contribution in [3.8, 4) is 0 Å². The molecule has 3 atom stereocenters. The fourth-order valence-corrected chi connectivity index (χ4v) is 4.51. The van der Waals surface area contributed by atoms with Crippen molar-refractivity contribution in [1.29, 1.82) is 0 Å². The Labute approximate surface area is 119 Å². The van der Waals surface area contributed by atoms with Crippen LogP contribution in [0.1, 0.15) is 40.0 Å². The summed E-state index contributed by atoms with van der Waals surface area (Å²) in [6.45, 7) is 7.27. The molecule has 1 amide bonds. The number of anilines is 1. The first-order valence-electron chi connectivity index (χ1n) is 7.38. The Balaban J connectivity index is 1.77. The Bertz CT molecular complexity index is 531. The van der Waals surface area contributed by atoms with E-state index in [0.29, 0.717) is 16.9 Å². The fourth-order valence-electron chi connectivity index (χ4n) is 4.51. The molecule has 2 bridgehead atoms. The predicted molar refractivity (Wildman–Crippen MR) is 78.1 cm³/mol. The minimum absolute atomic E-state index is 0.135. The number of nitrogens with zero attached hydrogens (tertiary/aromatic N) is 2. The lowest BCUT2D eigenvalue weighted by atomic mass is 9.68. The molecule has 1 aromatic heterocycles. The molecule has 110 valence electrons. The standard InChI is InChI=1S/C15H24N4O/c1-14(2)10-4-5-15(3,6-10)13(14)18-11-7-17-19(8-11)9-12(16)20/h7-8,10,13,18H,4-6,9H2,1-3H3,(H2,16,20). The second-order valence-corrected chi connectivity index (χ2v) is 7.39. The SMILES string of the molecule is CC12CCC(C1)C(C)(C)C2Nc1cnn(CC(N)=O)c1. The maximum absolute atomic E-state index is 10.9. The van der Waals surface area contributed by atoms with Crippen LogP contribution >= 0.6 is 0 Å². The molecule has 2 fully saturated rings. The van der Waals surface area contributed by atoms with Gasteiger partial charge >= 0.3 is 0 Å². The van der Waals surface area contributed by atoms with Gasteiger partial charge in [0.1, 0.15) is 6.54 Å². The molecule has 5 nitrogen and oxygen atoms in total. The number of nitrogens with one attached hydrogen (secondary N) is 1. The Morgan fingerprint density at radius 2 is 2.30 bits per heavy atom. The van der Waals surface area contributed by atoms with Crippen molar-refractivity contribution >= 4 is 11.6 Å². The van der Waals surface area contributed by atoms with Gasteiger partial charge in [-0.3, -0.25) is 9.48 Å². The van der Waals surface area contributed by atoms with Crippen LogP contribution in [0.5, 0.6) is 0 Å². The molecule has 20 heavy (non-hydrogen) atoms. The summed E-state index contributed by atoms with van der Waals surface area (Å²) in [7, 11) is 0. The van der Waals surface area contributed by atoms with E-state index in [-0.39, 0.29) is 12.5 Å². The van der Waals surface area contributed by atoms with Crippen LogP contribution in [0.15, 0.2) is 12.4 Å². The monoisotopic (exact) mass is 276 g/mol. The molecule has 0 spiro atoms. The number of amides is 1. The number of hydrogen-bond donors (Lipinski definition) is 2. The number of hydrogen-bond acceptors (Lipinski definition) is 3. The third-order valence-electron chi connectivity index (χ3n) is 5.53. The normalized spacial score (nSPS) is 34.4. The molecule has 0 aromatic carbocycles. The summed E-state index contributed by atoms with van der Waals surface area (Å²) in [5.74, 6) is 0.442. The highest BCUT2D eigenvalue weighted by atomic mass is 16.1. The first kappa shape index (κ1) is 13.5. The highest BCUT2D eigenvalue weighted by molar-refractivity contribution is 5.73. The fraction of sp³-hybridized carbons (Fsp3) is 0.733. The van der Waals surface area contributed by atoms with Crippen molar-refractivity contribution < 1.29 is 4.79 Å². The van der Waals surface area contributed by atoms with Gasteiger partial charge in [-0.05, 0) is 36.0 Å². The number of rotatable bonds is 4. The van der Waals surface area contributed by atoms with Gasteiger partial charge in [-0.15, -0.1) is 0 Å². The van der Waals surface area contributed by atoms with Crippen LogP contribution < -0.4 is 11.1 Å². The van der Waals surface area contributed by atoms with Crippen molar-refractivity contribution in [3.63, 3.8) is 0 Å². The van der Waals surface area contributed by atoms with E-state index in [4.69, 9.17) is 5.73 Å². The van der Waals surface area contributed by atoms with E-state index < -0.39 is 0 Å². The highest BCUT2D eigenvalue weighted by Crippen LogP contribution is 2.63. The first-order valence-corrected chi connectivity index (χ1v) is 7.38. The average molecular weight is 276 g/mol. The summed E-state index contributed by atoms with van der Waals surface area (Å²) < 4.78 is 1.59. The maximum atomic E-state index is 10.9. The molecule has 2 saturated carbocycles. The van der Waals surface area contributed by atoms with Crippen molar-refractivity contribution in [1.82, 2.24) is 9.78 Å². The van der Waals surface area contributed by atoms with Gasteiger partial charge in [0.15, 0.2) is 0 Å². The molecule has 5 heteroatoms. The van der Waals surface area contributed by atoms with Gasteiger partial charge in [-0.1, -0.05) is 20.8 Å². The molecule has 3 rings (SSSR count). The lowest BCUT2D eigenvalue weighted by molar-refractivity contribution is -0.118. The van der Waals surface area contributed by atoms with Gasteiger partial charge < -0.3 is 11.1 Å². The third kappa shape index (κ3) is 2.00. The van der Waals surface area contributed by atoms with Crippen LogP contribution in [0.2, 0.25) is 0 Å². The Morgan fingerprint density at radius 1 is 1.55 bits per heavy atom. The van der Waals surface area contributed by atoms with Crippen molar-refractivity contribution in [3.05, 3.63) is 12.4 Å². The van der Waals surface area contributed by atoms with Crippen LogP contribution in [0.25, 0.3) is 0 Å². The largest absolute Gasteiger partial charge is 0.379 e. The molecule has 1 heterocycles. The highest BCUT2D eigenvalue weighted by Gasteiger charge is 2.59. The summed E-state index contributed by atoms with van der Waals surface area (Å²) in [5.41, 5.74) is 6.85. The third-order valence-corrected chi connectivity index (χ3v) is 5.53. The van der Waals surface area contributed by atoms with Crippen LogP contribution in [-0.2, 0) is 11.3 Å². The molecular weight excluding hydrogens is 252 g/mol. The van der Waals surface area contributed by atoms with Gasteiger partial charge in [-0.2, -0.15) is 5.10 Å². The molecule has 3 unspecified atom stereocenters. The number of carbonyl (C=O) groups excluding carboxylic acids is 1. The van der Waals surface area contributed by atoms with E-state index in [1.165, 1.54) is 19.3 Å². The van der Waals surface area contributed by atoms with Crippen molar-refractivity contribution in [2.24, 2.45) is 22.5 Å². The van der Waals surface area contributed by atoms with E-state index >= 15 is 0 Å². The molecular formula is C15H24N4O. The quantitative estimate of drug-likeness (QED) is 0.883. The second-order valence-electron chi connectivity index (χ2n) is 7.39. The predicted octanol–water partition coefficient (Wildman–Crippen LogP) is 2.00. The Kier molecular flexibility index (Phi) is 2.85. The summed E-state index contributed by atoms with van der Waals surface area (Å²) >= 11 is 0. The van der Waals surface area contributed by atoms with E-state index in [1.807, 2.05) is 6.20 Å². The van der Waals surface area contributed by atoms with Gasteiger partial charge in [-0.25, -0.2) is 0 Å². The van der Waals surface area contributed by atoms with E-state index in [0.717, 1.165) is 11.6 Å². The van der Waals surface area contributed by atoms with Gasteiger partial charge in [0.2, 0.25) is 5.91 Å². The average Bonchev–Trinajstić information content (AvgIpc) is 2.96. The minimum atomic E-state index is -0.369. The number of primary amides is 1. The molecule has 0 aliphatic heterocycles. The summed E-state index contributed by atoms with van der Waals surface area (Å²) in [6, 6.07) is 0.458.